The van der Waals surface area contributed by atoms with Gasteiger partial charge in [0.25, 0.3) is 5.91 Å². The zero-order chi connectivity index (χ0) is 18.1. The van der Waals surface area contributed by atoms with Crippen LogP contribution in [-0.4, -0.2) is 83.6 Å². The number of carbonyl (C=O) groups excluding carboxylic acids is 2. The van der Waals surface area contributed by atoms with Gasteiger partial charge in [0.1, 0.15) is 0 Å². The molecule has 0 unspecified atom stereocenters. The van der Waals surface area contributed by atoms with E-state index in [0.29, 0.717) is 6.54 Å². The Morgan fingerprint density at radius 1 is 1.20 bits per heavy atom. The second-order valence-corrected chi connectivity index (χ2v) is 6.57. The third-order valence-electron chi connectivity index (χ3n) is 4.13. The van der Waals surface area contributed by atoms with E-state index in [2.05, 4.69) is 24.8 Å². The van der Waals surface area contributed by atoms with Gasteiger partial charge in [-0.05, 0) is 30.9 Å². The lowest BCUT2D eigenvalue weighted by Gasteiger charge is -2.34. The molecule has 1 fully saturated rings. The van der Waals surface area contributed by atoms with Gasteiger partial charge in [-0.25, -0.2) is 4.79 Å². The van der Waals surface area contributed by atoms with Gasteiger partial charge in [0.05, 0.1) is 12.2 Å². The summed E-state index contributed by atoms with van der Waals surface area (Å²) in [5.41, 5.74) is 5.43. The van der Waals surface area contributed by atoms with E-state index in [1.165, 1.54) is 5.38 Å². The Labute approximate surface area is 151 Å². The van der Waals surface area contributed by atoms with Crippen LogP contribution in [0.3, 0.4) is 0 Å². The fraction of sp³-hybridized carbons (Fsp3) is 0.667. The van der Waals surface area contributed by atoms with Gasteiger partial charge in [-0.3, -0.25) is 15.0 Å². The van der Waals surface area contributed by atoms with E-state index in [1.807, 2.05) is 0 Å². The predicted octanol–water partition coefficient (Wildman–Crippen LogP) is -0.246. The van der Waals surface area contributed by atoms with Crippen molar-refractivity contribution in [2.75, 3.05) is 57.7 Å². The maximum atomic E-state index is 11.8. The second-order valence-electron chi connectivity index (χ2n) is 5.94. The fourth-order valence-electron chi connectivity index (χ4n) is 2.69. The predicted molar refractivity (Wildman–Crippen MR) is 96.9 cm³/mol. The van der Waals surface area contributed by atoms with Gasteiger partial charge in [-0.1, -0.05) is 0 Å². The van der Waals surface area contributed by atoms with Gasteiger partial charge in [0, 0.05) is 44.6 Å². The van der Waals surface area contributed by atoms with Crippen LogP contribution in [0.15, 0.2) is 5.38 Å². The number of carbonyl (C=O) groups is 2. The molecular weight excluding hydrogens is 344 g/mol. The molecule has 1 aliphatic rings. The normalized spacial score (nSPS) is 15.9. The maximum absolute atomic E-state index is 11.8. The van der Waals surface area contributed by atoms with E-state index >= 15 is 0 Å². The molecule has 1 aromatic rings. The van der Waals surface area contributed by atoms with Gasteiger partial charge in [0.15, 0.2) is 5.82 Å². The van der Waals surface area contributed by atoms with Crippen molar-refractivity contribution in [3.63, 3.8) is 0 Å². The SMILES string of the molecule is NC(=O)c1csnc1NC(=O)NCCCCN1CCN(CCO)CC1. The van der Waals surface area contributed by atoms with Crippen molar-refractivity contribution >= 4 is 29.3 Å². The molecule has 2 heterocycles. The van der Waals surface area contributed by atoms with Crippen LogP contribution >= 0.6 is 11.5 Å². The zero-order valence-electron chi connectivity index (χ0n) is 14.2. The average Bonchev–Trinajstić information content (AvgIpc) is 3.04. The average molecular weight is 370 g/mol. The molecule has 0 spiro atoms. The molecule has 2 rings (SSSR count). The Bertz CT molecular complexity index is 559. The van der Waals surface area contributed by atoms with E-state index in [-0.39, 0.29) is 24.0 Å². The monoisotopic (exact) mass is 370 g/mol. The number of amides is 3. The summed E-state index contributed by atoms with van der Waals surface area (Å²) in [7, 11) is 0. The molecule has 140 valence electrons. The van der Waals surface area contributed by atoms with Crippen molar-refractivity contribution in [2.24, 2.45) is 5.73 Å². The molecule has 0 atom stereocenters. The highest BCUT2D eigenvalue weighted by atomic mass is 32.1. The molecule has 1 aliphatic heterocycles. The Balaban J connectivity index is 1.55. The smallest absolute Gasteiger partial charge is 0.320 e. The lowest BCUT2D eigenvalue weighted by molar-refractivity contribution is 0.100. The maximum Gasteiger partial charge on any atom is 0.320 e. The van der Waals surface area contributed by atoms with Crippen LogP contribution in [0.25, 0.3) is 0 Å². The minimum atomic E-state index is -0.608. The Morgan fingerprint density at radius 2 is 1.88 bits per heavy atom. The number of anilines is 1. The molecule has 5 N–H and O–H groups in total. The summed E-state index contributed by atoms with van der Waals surface area (Å²) >= 11 is 1.07. The first-order valence-electron chi connectivity index (χ1n) is 8.44. The van der Waals surface area contributed by atoms with Crippen molar-refractivity contribution in [1.29, 1.82) is 0 Å². The summed E-state index contributed by atoms with van der Waals surface area (Å²) in [5, 5.41) is 15.7. The quantitative estimate of drug-likeness (QED) is 0.445. The number of aromatic nitrogens is 1. The summed E-state index contributed by atoms with van der Waals surface area (Å²) in [5.74, 6) is -0.404. The fourth-order valence-corrected chi connectivity index (χ4v) is 3.33. The van der Waals surface area contributed by atoms with Crippen molar-refractivity contribution in [2.45, 2.75) is 12.8 Å². The van der Waals surface area contributed by atoms with Crippen molar-refractivity contribution in [3.8, 4) is 0 Å². The number of nitrogens with zero attached hydrogens (tertiary/aromatic N) is 3. The first-order chi connectivity index (χ1) is 12.1. The van der Waals surface area contributed by atoms with Crippen LogP contribution in [0.5, 0.6) is 0 Å². The number of rotatable bonds is 9. The van der Waals surface area contributed by atoms with Crippen molar-refractivity contribution in [1.82, 2.24) is 19.5 Å². The van der Waals surface area contributed by atoms with Gasteiger partial charge < -0.3 is 21.1 Å². The van der Waals surface area contributed by atoms with E-state index in [1.54, 1.807) is 0 Å². The number of nitrogens with one attached hydrogen (secondary N) is 2. The van der Waals surface area contributed by atoms with Gasteiger partial charge in [-0.2, -0.15) is 4.37 Å². The lowest BCUT2D eigenvalue weighted by atomic mass is 10.2. The molecule has 1 aromatic heterocycles. The minimum absolute atomic E-state index is 0.204. The van der Waals surface area contributed by atoms with E-state index in [0.717, 1.165) is 63.6 Å². The Kier molecular flexibility index (Phi) is 8.06. The van der Waals surface area contributed by atoms with Crippen molar-refractivity contribution < 1.29 is 14.7 Å². The number of hydrogen-bond donors (Lipinski definition) is 4. The third kappa shape index (κ3) is 6.58. The van der Waals surface area contributed by atoms with Crippen molar-refractivity contribution in [3.05, 3.63) is 10.9 Å². The number of nitrogens with two attached hydrogens (primary N) is 1. The first kappa shape index (κ1) is 19.6. The van der Waals surface area contributed by atoms with Crippen LogP contribution in [0, 0.1) is 0 Å². The first-order valence-corrected chi connectivity index (χ1v) is 9.28. The molecule has 0 aromatic carbocycles. The van der Waals surface area contributed by atoms with Crippen LogP contribution in [0.1, 0.15) is 23.2 Å². The van der Waals surface area contributed by atoms with Gasteiger partial charge >= 0.3 is 6.03 Å². The number of unbranched alkanes of at least 4 members (excludes halogenated alkanes) is 1. The zero-order valence-corrected chi connectivity index (χ0v) is 15.1. The Morgan fingerprint density at radius 3 is 2.52 bits per heavy atom. The molecule has 9 nitrogen and oxygen atoms in total. The Hall–Kier alpha value is -1.75. The lowest BCUT2D eigenvalue weighted by Crippen LogP contribution is -2.47. The summed E-state index contributed by atoms with van der Waals surface area (Å²) in [6, 6.07) is -0.383. The largest absolute Gasteiger partial charge is 0.395 e. The molecule has 3 amide bonds. The van der Waals surface area contributed by atoms with Crippen LogP contribution in [0.2, 0.25) is 0 Å². The number of piperazine rings is 1. The van der Waals surface area contributed by atoms with Gasteiger partial charge in [0.2, 0.25) is 0 Å². The summed E-state index contributed by atoms with van der Waals surface area (Å²) in [6.07, 6.45) is 1.88. The molecule has 0 radical (unpaired) electrons. The molecule has 10 heteroatoms. The number of aliphatic hydroxyl groups is 1. The third-order valence-corrected chi connectivity index (χ3v) is 4.76. The van der Waals surface area contributed by atoms with Crippen LogP contribution < -0.4 is 16.4 Å². The number of primary amides is 1. The molecular formula is C15H26N6O3S. The second kappa shape index (κ2) is 10.3. The highest BCUT2D eigenvalue weighted by Crippen LogP contribution is 2.15. The molecule has 0 aliphatic carbocycles. The summed E-state index contributed by atoms with van der Waals surface area (Å²) < 4.78 is 3.94. The molecule has 1 saturated heterocycles. The molecule has 25 heavy (non-hydrogen) atoms. The van der Waals surface area contributed by atoms with Crippen LogP contribution in [-0.2, 0) is 0 Å². The topological polar surface area (TPSA) is 124 Å². The van der Waals surface area contributed by atoms with E-state index in [9.17, 15) is 9.59 Å². The van der Waals surface area contributed by atoms with Gasteiger partial charge in [-0.15, -0.1) is 0 Å². The number of aliphatic hydroxyl groups excluding tert-OH is 1. The number of β-amino-alcohol motifs (C(OH)–C–C–N with tert-alkyl or cyclic N) is 1. The number of hydrogen-bond acceptors (Lipinski definition) is 7. The molecule has 0 saturated carbocycles. The van der Waals surface area contributed by atoms with E-state index < -0.39 is 5.91 Å². The van der Waals surface area contributed by atoms with Crippen LogP contribution in [0.4, 0.5) is 10.6 Å². The highest BCUT2D eigenvalue weighted by Gasteiger charge is 2.16. The minimum Gasteiger partial charge on any atom is -0.395 e. The summed E-state index contributed by atoms with van der Waals surface area (Å²) in [6.45, 7) is 6.58. The number of urea groups is 1. The molecule has 0 bridgehead atoms. The standard InChI is InChI=1S/C15H26N6O3S/c16-13(23)12-11-25-19-14(12)18-15(24)17-3-1-2-4-20-5-7-21(8-6-20)9-10-22/h11,22H,1-10H2,(H2,16,23)(H2,17,18,19,24). The highest BCUT2D eigenvalue weighted by molar-refractivity contribution is 7.04. The van der Waals surface area contributed by atoms with E-state index in [4.69, 9.17) is 10.8 Å². The summed E-state index contributed by atoms with van der Waals surface area (Å²) in [4.78, 5) is 27.6.